The van der Waals surface area contributed by atoms with E-state index in [9.17, 15) is 5.11 Å². The van der Waals surface area contributed by atoms with Gasteiger partial charge in [0.1, 0.15) is 0 Å². The van der Waals surface area contributed by atoms with Crippen LogP contribution in [-0.4, -0.2) is 23.8 Å². The second-order valence-corrected chi connectivity index (χ2v) is 5.19. The molecule has 1 heterocycles. The number of β-amino-alcohol motifs (C(OH)–C–C–N with tert-alkyl or cyclic N) is 1. The van der Waals surface area contributed by atoms with Gasteiger partial charge in [0.25, 0.3) is 0 Å². The van der Waals surface area contributed by atoms with E-state index in [2.05, 4.69) is 5.32 Å². The quantitative estimate of drug-likeness (QED) is 0.723. The minimum absolute atomic E-state index is 0.362. The van der Waals surface area contributed by atoms with E-state index in [0.29, 0.717) is 0 Å². The lowest BCUT2D eigenvalue weighted by molar-refractivity contribution is 0.0485. The summed E-state index contributed by atoms with van der Waals surface area (Å²) < 4.78 is 0. The topological polar surface area (TPSA) is 32.3 Å². The summed E-state index contributed by atoms with van der Waals surface area (Å²) in [5.41, 5.74) is -0.362. The first-order valence-corrected chi connectivity index (χ1v) is 6.22. The third-order valence-electron chi connectivity index (χ3n) is 3.95. The molecule has 1 saturated carbocycles. The summed E-state index contributed by atoms with van der Waals surface area (Å²) in [6.45, 7) is 1.82. The van der Waals surface area contributed by atoms with Crippen molar-refractivity contribution >= 4 is 0 Å². The van der Waals surface area contributed by atoms with Crippen molar-refractivity contribution in [3.63, 3.8) is 0 Å². The van der Waals surface area contributed by atoms with Crippen LogP contribution in [-0.2, 0) is 0 Å². The maximum Gasteiger partial charge on any atom is 0.0783 e. The molecular formula is C12H23NO. The van der Waals surface area contributed by atoms with Gasteiger partial charge in [0.15, 0.2) is 0 Å². The molecule has 0 aromatic carbocycles. The van der Waals surface area contributed by atoms with E-state index in [1.54, 1.807) is 0 Å². The van der Waals surface area contributed by atoms with Crippen molar-refractivity contribution in [2.24, 2.45) is 5.92 Å². The van der Waals surface area contributed by atoms with E-state index in [-0.39, 0.29) is 5.60 Å². The van der Waals surface area contributed by atoms with Crippen LogP contribution in [0.4, 0.5) is 0 Å². The predicted molar refractivity (Wildman–Crippen MR) is 58.2 cm³/mol. The van der Waals surface area contributed by atoms with Gasteiger partial charge >= 0.3 is 0 Å². The SMILES string of the molecule is OC1(CCCC2CCCC2)CCNC1. The second kappa shape index (κ2) is 4.63. The Kier molecular flexibility index (Phi) is 3.45. The van der Waals surface area contributed by atoms with Crippen LogP contribution in [0.2, 0.25) is 0 Å². The zero-order valence-corrected chi connectivity index (χ0v) is 9.10. The molecule has 2 aliphatic rings. The predicted octanol–water partition coefficient (Wildman–Crippen LogP) is 2.07. The zero-order chi connectivity index (χ0) is 9.86. The highest BCUT2D eigenvalue weighted by Gasteiger charge is 2.30. The first-order chi connectivity index (χ1) is 6.79. The van der Waals surface area contributed by atoms with Crippen LogP contribution in [0.3, 0.4) is 0 Å². The third-order valence-corrected chi connectivity index (χ3v) is 3.95. The fraction of sp³-hybridized carbons (Fsp3) is 1.00. The molecule has 2 rings (SSSR count). The number of hydrogen-bond donors (Lipinski definition) is 2. The summed E-state index contributed by atoms with van der Waals surface area (Å²) in [4.78, 5) is 0. The molecule has 1 aliphatic carbocycles. The van der Waals surface area contributed by atoms with E-state index in [1.807, 2.05) is 0 Å². The van der Waals surface area contributed by atoms with Crippen LogP contribution in [0, 0.1) is 5.92 Å². The van der Waals surface area contributed by atoms with Gasteiger partial charge < -0.3 is 10.4 Å². The van der Waals surface area contributed by atoms with E-state index < -0.39 is 0 Å². The molecule has 82 valence electrons. The fourth-order valence-corrected chi connectivity index (χ4v) is 2.96. The summed E-state index contributed by atoms with van der Waals surface area (Å²) in [6.07, 6.45) is 10.3. The van der Waals surface area contributed by atoms with Gasteiger partial charge in [-0.3, -0.25) is 0 Å². The Morgan fingerprint density at radius 1 is 1.29 bits per heavy atom. The molecule has 0 aromatic rings. The highest BCUT2D eigenvalue weighted by molar-refractivity contribution is 4.87. The summed E-state index contributed by atoms with van der Waals surface area (Å²) in [7, 11) is 0. The van der Waals surface area contributed by atoms with Crippen LogP contribution in [0.1, 0.15) is 51.4 Å². The third kappa shape index (κ3) is 2.71. The van der Waals surface area contributed by atoms with Crippen LogP contribution in [0.25, 0.3) is 0 Å². The molecule has 1 unspecified atom stereocenters. The normalized spacial score (nSPS) is 34.1. The lowest BCUT2D eigenvalue weighted by Crippen LogP contribution is -2.31. The van der Waals surface area contributed by atoms with Crippen LogP contribution in [0.5, 0.6) is 0 Å². The Hall–Kier alpha value is -0.0800. The van der Waals surface area contributed by atoms with Gasteiger partial charge in [-0.2, -0.15) is 0 Å². The second-order valence-electron chi connectivity index (χ2n) is 5.19. The minimum Gasteiger partial charge on any atom is -0.389 e. The van der Waals surface area contributed by atoms with Crippen molar-refractivity contribution in [3.05, 3.63) is 0 Å². The standard InChI is InChI=1S/C12H23NO/c14-12(8-9-13-10-12)7-3-6-11-4-1-2-5-11/h11,13-14H,1-10H2. The van der Waals surface area contributed by atoms with E-state index in [4.69, 9.17) is 0 Å². The van der Waals surface area contributed by atoms with Crippen LogP contribution in [0.15, 0.2) is 0 Å². The first-order valence-electron chi connectivity index (χ1n) is 6.22. The maximum atomic E-state index is 10.1. The molecule has 2 heteroatoms. The Balaban J connectivity index is 1.61. The molecule has 1 atom stereocenters. The Labute approximate surface area is 87.1 Å². The van der Waals surface area contributed by atoms with E-state index >= 15 is 0 Å². The van der Waals surface area contributed by atoms with Gasteiger partial charge in [-0.15, -0.1) is 0 Å². The van der Waals surface area contributed by atoms with Gasteiger partial charge in [-0.25, -0.2) is 0 Å². The molecule has 14 heavy (non-hydrogen) atoms. The van der Waals surface area contributed by atoms with Gasteiger partial charge in [-0.1, -0.05) is 38.5 Å². The van der Waals surface area contributed by atoms with Crippen molar-refractivity contribution in [1.29, 1.82) is 0 Å². The van der Waals surface area contributed by atoms with Gasteiger partial charge in [0.05, 0.1) is 5.60 Å². The summed E-state index contributed by atoms with van der Waals surface area (Å²) in [5, 5.41) is 13.3. The molecular weight excluding hydrogens is 174 g/mol. The first kappa shape index (κ1) is 10.4. The molecule has 2 nitrogen and oxygen atoms in total. The average Bonchev–Trinajstić information content (AvgIpc) is 2.77. The molecule has 0 bridgehead atoms. The van der Waals surface area contributed by atoms with E-state index in [0.717, 1.165) is 31.8 Å². The number of rotatable bonds is 4. The molecule has 0 radical (unpaired) electrons. The molecule has 1 saturated heterocycles. The van der Waals surface area contributed by atoms with Gasteiger partial charge in [0.2, 0.25) is 0 Å². The molecule has 0 amide bonds. The average molecular weight is 197 g/mol. The number of aliphatic hydroxyl groups is 1. The zero-order valence-electron chi connectivity index (χ0n) is 9.10. The van der Waals surface area contributed by atoms with Crippen LogP contribution < -0.4 is 5.32 Å². The highest BCUT2D eigenvalue weighted by atomic mass is 16.3. The van der Waals surface area contributed by atoms with Crippen molar-refractivity contribution in [1.82, 2.24) is 5.32 Å². The van der Waals surface area contributed by atoms with Crippen molar-refractivity contribution in [2.75, 3.05) is 13.1 Å². The van der Waals surface area contributed by atoms with Crippen molar-refractivity contribution in [3.8, 4) is 0 Å². The Bertz CT molecular complexity index is 169. The maximum absolute atomic E-state index is 10.1. The smallest absolute Gasteiger partial charge is 0.0783 e. The molecule has 2 fully saturated rings. The molecule has 0 spiro atoms. The molecule has 0 aromatic heterocycles. The highest BCUT2D eigenvalue weighted by Crippen LogP contribution is 2.30. The van der Waals surface area contributed by atoms with Crippen molar-refractivity contribution in [2.45, 2.75) is 57.0 Å². The summed E-state index contributed by atoms with van der Waals surface area (Å²) in [5.74, 6) is 0.980. The van der Waals surface area contributed by atoms with Crippen LogP contribution >= 0.6 is 0 Å². The number of hydrogen-bond acceptors (Lipinski definition) is 2. The lowest BCUT2D eigenvalue weighted by Gasteiger charge is -2.21. The van der Waals surface area contributed by atoms with E-state index in [1.165, 1.54) is 38.5 Å². The molecule has 2 N–H and O–H groups in total. The largest absolute Gasteiger partial charge is 0.389 e. The van der Waals surface area contributed by atoms with Gasteiger partial charge in [-0.05, 0) is 25.3 Å². The number of nitrogens with one attached hydrogen (secondary N) is 1. The monoisotopic (exact) mass is 197 g/mol. The minimum atomic E-state index is -0.362. The Morgan fingerprint density at radius 3 is 2.71 bits per heavy atom. The fourth-order valence-electron chi connectivity index (χ4n) is 2.96. The van der Waals surface area contributed by atoms with Gasteiger partial charge in [0, 0.05) is 6.54 Å². The summed E-state index contributed by atoms with van der Waals surface area (Å²) >= 11 is 0. The summed E-state index contributed by atoms with van der Waals surface area (Å²) in [6, 6.07) is 0. The molecule has 1 aliphatic heterocycles. The van der Waals surface area contributed by atoms with Crippen molar-refractivity contribution < 1.29 is 5.11 Å². The lowest BCUT2D eigenvalue weighted by atomic mass is 9.92. The Morgan fingerprint density at radius 2 is 2.07 bits per heavy atom.